The summed E-state index contributed by atoms with van der Waals surface area (Å²) in [6.07, 6.45) is 0. The van der Waals surface area contributed by atoms with Gasteiger partial charge in [-0.05, 0) is 27.7 Å². The average Bonchev–Trinajstić information content (AvgIpc) is 2.16. The Kier molecular flexibility index (Phi) is 4.00. The summed E-state index contributed by atoms with van der Waals surface area (Å²) < 4.78 is 0. The minimum atomic E-state index is -2.71. The van der Waals surface area contributed by atoms with Crippen molar-refractivity contribution in [3.05, 3.63) is 0 Å². The number of carboxylic acid groups (broad SMARTS) is 1. The summed E-state index contributed by atoms with van der Waals surface area (Å²) in [7, 11) is 0. The molecule has 0 saturated carbocycles. The molecule has 0 unspecified atom stereocenters. The predicted octanol–water partition coefficient (Wildman–Crippen LogP) is -1.93. The predicted molar refractivity (Wildman–Crippen MR) is 57.2 cm³/mol. The standard InChI is InChI=1S/C10H20O7/c1-7(14,5-11)9(3,16)10(4,17)8(2,15)6(12)13/h11,14-17H,5H2,1-4H3,(H,12,13)/t7-,8+,9-,10-/m1/s1. The second-order valence-corrected chi connectivity index (χ2v) is 4.95. The van der Waals surface area contributed by atoms with E-state index >= 15 is 0 Å². The lowest BCUT2D eigenvalue weighted by atomic mass is 9.66. The quantitative estimate of drug-likeness (QED) is 0.335. The molecule has 0 spiro atoms. The van der Waals surface area contributed by atoms with Crippen molar-refractivity contribution in [3.63, 3.8) is 0 Å². The molecule has 6 N–H and O–H groups in total. The summed E-state index contributed by atoms with van der Waals surface area (Å²) in [5, 5.41) is 57.4. The molecule has 102 valence electrons. The van der Waals surface area contributed by atoms with Crippen LogP contribution >= 0.6 is 0 Å². The van der Waals surface area contributed by atoms with Crippen molar-refractivity contribution < 1.29 is 35.4 Å². The lowest BCUT2D eigenvalue weighted by molar-refractivity contribution is -0.283. The van der Waals surface area contributed by atoms with Gasteiger partial charge < -0.3 is 30.6 Å². The molecule has 0 aliphatic carbocycles. The summed E-state index contributed by atoms with van der Waals surface area (Å²) in [6, 6.07) is 0. The normalized spacial score (nSPS) is 26.2. The largest absolute Gasteiger partial charge is 0.479 e. The molecule has 0 heterocycles. The van der Waals surface area contributed by atoms with Crippen LogP contribution in [-0.2, 0) is 4.79 Å². The van der Waals surface area contributed by atoms with Gasteiger partial charge in [0, 0.05) is 0 Å². The minimum absolute atomic E-state index is 0.789. The number of rotatable bonds is 5. The van der Waals surface area contributed by atoms with Gasteiger partial charge in [0.2, 0.25) is 0 Å². The fourth-order valence-electron chi connectivity index (χ4n) is 1.36. The van der Waals surface area contributed by atoms with E-state index in [-0.39, 0.29) is 0 Å². The first-order valence-electron chi connectivity index (χ1n) is 4.99. The van der Waals surface area contributed by atoms with E-state index < -0.39 is 35.0 Å². The van der Waals surface area contributed by atoms with E-state index in [4.69, 9.17) is 10.2 Å². The Morgan fingerprint density at radius 3 is 1.53 bits per heavy atom. The first-order chi connectivity index (χ1) is 7.25. The zero-order valence-electron chi connectivity index (χ0n) is 10.3. The van der Waals surface area contributed by atoms with E-state index in [9.17, 15) is 25.2 Å². The number of aliphatic carboxylic acids is 1. The molecule has 0 aromatic heterocycles. The molecular weight excluding hydrogens is 232 g/mol. The van der Waals surface area contributed by atoms with E-state index in [0.29, 0.717) is 0 Å². The maximum absolute atomic E-state index is 10.9. The summed E-state index contributed by atoms with van der Waals surface area (Å²) in [4.78, 5) is 10.9. The molecule has 7 nitrogen and oxygen atoms in total. The maximum atomic E-state index is 10.9. The highest BCUT2D eigenvalue weighted by Crippen LogP contribution is 2.39. The molecule has 0 aromatic rings. The van der Waals surface area contributed by atoms with Crippen molar-refractivity contribution in [2.45, 2.75) is 50.1 Å². The van der Waals surface area contributed by atoms with Gasteiger partial charge in [0.05, 0.1) is 6.61 Å². The van der Waals surface area contributed by atoms with Crippen molar-refractivity contribution in [2.24, 2.45) is 0 Å². The van der Waals surface area contributed by atoms with Crippen molar-refractivity contribution in [1.82, 2.24) is 0 Å². The van der Waals surface area contributed by atoms with E-state index in [0.717, 1.165) is 27.7 Å². The first kappa shape index (κ1) is 16.3. The molecule has 4 atom stereocenters. The summed E-state index contributed by atoms with van der Waals surface area (Å²) in [6.45, 7) is 2.67. The Balaban J connectivity index is 5.69. The summed E-state index contributed by atoms with van der Waals surface area (Å²) >= 11 is 0. The van der Waals surface area contributed by atoms with Crippen molar-refractivity contribution in [2.75, 3.05) is 6.61 Å². The first-order valence-corrected chi connectivity index (χ1v) is 4.99. The van der Waals surface area contributed by atoms with Crippen molar-refractivity contribution in [1.29, 1.82) is 0 Å². The lowest BCUT2D eigenvalue weighted by Gasteiger charge is -2.51. The third-order valence-electron chi connectivity index (χ3n) is 3.67. The number of hydrogen-bond donors (Lipinski definition) is 6. The van der Waals surface area contributed by atoms with Crippen LogP contribution in [0.4, 0.5) is 0 Å². The molecule has 0 fully saturated rings. The molecular formula is C10H20O7. The second-order valence-electron chi connectivity index (χ2n) is 4.95. The van der Waals surface area contributed by atoms with E-state index in [2.05, 4.69) is 0 Å². The van der Waals surface area contributed by atoms with Crippen LogP contribution in [0.25, 0.3) is 0 Å². The zero-order valence-corrected chi connectivity index (χ0v) is 10.3. The number of aliphatic hydroxyl groups is 5. The van der Waals surface area contributed by atoms with Crippen molar-refractivity contribution >= 4 is 5.97 Å². The van der Waals surface area contributed by atoms with Gasteiger partial charge in [0.1, 0.15) is 16.8 Å². The van der Waals surface area contributed by atoms with E-state index in [1.807, 2.05) is 0 Å². The van der Waals surface area contributed by atoms with Crippen molar-refractivity contribution in [3.8, 4) is 0 Å². The number of aliphatic hydroxyl groups excluding tert-OH is 1. The maximum Gasteiger partial charge on any atom is 0.338 e. The van der Waals surface area contributed by atoms with Gasteiger partial charge in [0.15, 0.2) is 5.60 Å². The van der Waals surface area contributed by atoms with Crippen LogP contribution in [0, 0.1) is 0 Å². The molecule has 17 heavy (non-hydrogen) atoms. The fourth-order valence-corrected chi connectivity index (χ4v) is 1.36. The van der Waals surface area contributed by atoms with Crippen LogP contribution in [0.15, 0.2) is 0 Å². The molecule has 0 radical (unpaired) electrons. The van der Waals surface area contributed by atoms with Gasteiger partial charge in [-0.25, -0.2) is 4.79 Å². The molecule has 0 aliphatic heterocycles. The van der Waals surface area contributed by atoms with E-state index in [1.54, 1.807) is 0 Å². The van der Waals surface area contributed by atoms with Crippen LogP contribution in [0.3, 0.4) is 0 Å². The molecule has 7 heteroatoms. The minimum Gasteiger partial charge on any atom is -0.479 e. The Bertz CT molecular complexity index is 304. The highest BCUT2D eigenvalue weighted by Gasteiger charge is 2.64. The van der Waals surface area contributed by atoms with E-state index in [1.165, 1.54) is 0 Å². The van der Waals surface area contributed by atoms with Crippen LogP contribution in [0.2, 0.25) is 0 Å². The molecule has 0 saturated heterocycles. The molecule has 0 amide bonds. The number of hydrogen-bond acceptors (Lipinski definition) is 6. The van der Waals surface area contributed by atoms with Gasteiger partial charge in [0.25, 0.3) is 0 Å². The smallest absolute Gasteiger partial charge is 0.338 e. The summed E-state index contributed by atoms with van der Waals surface area (Å²) in [5.74, 6) is -1.77. The Morgan fingerprint density at radius 1 is 0.941 bits per heavy atom. The highest BCUT2D eigenvalue weighted by atomic mass is 16.4. The topological polar surface area (TPSA) is 138 Å². The molecule has 0 aliphatic rings. The average molecular weight is 252 g/mol. The molecule has 0 rings (SSSR count). The van der Waals surface area contributed by atoms with Crippen LogP contribution in [-0.4, -0.2) is 65.6 Å². The second kappa shape index (κ2) is 4.18. The zero-order chi connectivity index (χ0) is 14.3. The number of carboxylic acids is 1. The molecule has 0 bridgehead atoms. The van der Waals surface area contributed by atoms with Gasteiger partial charge in [-0.2, -0.15) is 0 Å². The third kappa shape index (κ3) is 2.16. The Hall–Kier alpha value is -0.730. The fraction of sp³-hybridized carbons (Fsp3) is 0.900. The van der Waals surface area contributed by atoms with Gasteiger partial charge >= 0.3 is 5.97 Å². The summed E-state index contributed by atoms with van der Waals surface area (Å²) in [5.41, 5.74) is -9.97. The highest BCUT2D eigenvalue weighted by molar-refractivity contribution is 5.78. The Labute approximate surface area is 99.0 Å². The van der Waals surface area contributed by atoms with Gasteiger partial charge in [-0.3, -0.25) is 0 Å². The Morgan fingerprint density at radius 2 is 1.29 bits per heavy atom. The van der Waals surface area contributed by atoms with Gasteiger partial charge in [-0.15, -0.1) is 0 Å². The number of carbonyl (C=O) groups is 1. The molecule has 0 aromatic carbocycles. The van der Waals surface area contributed by atoms with Crippen LogP contribution in [0.5, 0.6) is 0 Å². The van der Waals surface area contributed by atoms with Crippen LogP contribution in [0.1, 0.15) is 27.7 Å². The SMILES string of the molecule is C[C@](O)([C@](C)(O)[C@](C)(O)CO)[C@@](C)(O)C(=O)O. The monoisotopic (exact) mass is 252 g/mol. The van der Waals surface area contributed by atoms with Crippen LogP contribution < -0.4 is 0 Å². The third-order valence-corrected chi connectivity index (χ3v) is 3.67. The van der Waals surface area contributed by atoms with Gasteiger partial charge in [-0.1, -0.05) is 0 Å². The lowest BCUT2D eigenvalue weighted by Crippen LogP contribution is -2.74.